The van der Waals surface area contributed by atoms with Crippen LogP contribution in [-0.4, -0.2) is 82.2 Å². The molecular weight excluding hydrogens is 651 g/mol. The number of carbonyl (C=O) groups is 3. The van der Waals surface area contributed by atoms with Crippen LogP contribution in [0.15, 0.2) is 24.4 Å². The lowest BCUT2D eigenvalue weighted by Gasteiger charge is -2.35. The van der Waals surface area contributed by atoms with Gasteiger partial charge in [0.05, 0.1) is 34.7 Å². The molecule has 260 valence electrons. The summed E-state index contributed by atoms with van der Waals surface area (Å²) in [6.07, 6.45) is 16.4. The van der Waals surface area contributed by atoms with Gasteiger partial charge in [-0.25, -0.2) is 0 Å². The number of amides is 2. The van der Waals surface area contributed by atoms with E-state index in [1.54, 1.807) is 19.2 Å². The number of aryl methyl sites for hydroxylation is 1. The number of fused-ring (bicyclic) bond motifs is 1. The van der Waals surface area contributed by atoms with E-state index < -0.39 is 5.97 Å². The van der Waals surface area contributed by atoms with Gasteiger partial charge in [-0.05, 0) is 94.2 Å². The highest BCUT2D eigenvalue weighted by Crippen LogP contribution is 2.36. The number of nitrogens with one attached hydrogen (secondary N) is 1. The number of rotatable bonds is 10. The number of benzene rings is 1. The molecule has 6 rings (SSSR count). The molecule has 2 aliphatic carbocycles. The van der Waals surface area contributed by atoms with Gasteiger partial charge in [-0.2, -0.15) is 0 Å². The van der Waals surface area contributed by atoms with Crippen LogP contribution in [0, 0.1) is 11.8 Å². The van der Waals surface area contributed by atoms with Gasteiger partial charge in [-0.1, -0.05) is 35.4 Å². The number of carbonyl (C=O) groups excluding carboxylic acids is 2. The molecule has 0 unspecified atom stereocenters. The molecule has 0 radical (unpaired) electrons. The van der Waals surface area contributed by atoms with Crippen molar-refractivity contribution in [1.82, 2.24) is 14.4 Å². The SMILES string of the molecule is COC1CCN([C@H]2C[C@@H](CC[C@H]3CC[C@H](C(=O)O)CC3)N(C(=O)Cc3cc(Cl)c(NC(=O)c4cn(C)c5c4C=CCC5)cc3Cl)C2)CC1. The maximum atomic E-state index is 14.0. The molecule has 48 heavy (non-hydrogen) atoms. The van der Waals surface area contributed by atoms with E-state index in [0.717, 1.165) is 95.0 Å². The first-order valence-electron chi connectivity index (χ1n) is 17.5. The third-order valence-electron chi connectivity index (χ3n) is 11.3. The van der Waals surface area contributed by atoms with E-state index in [1.807, 2.05) is 23.9 Å². The number of anilines is 1. The molecule has 3 heterocycles. The van der Waals surface area contributed by atoms with Gasteiger partial charge in [-0.15, -0.1) is 0 Å². The lowest BCUT2D eigenvalue weighted by molar-refractivity contribution is -0.143. The largest absolute Gasteiger partial charge is 0.481 e. The average molecular weight is 700 g/mol. The standard InChI is InChI=1S/C37H48Cl2N4O5/c1-41-22-30(29-5-3-4-6-34(29)41)36(45)40-33-20-31(38)25(17-32(33)39)18-35(44)43-21-27(42-15-13-28(48-2)14-16-42)19-26(43)12-9-23-7-10-24(11-8-23)37(46)47/h3,5,17,20,22-24,26-28H,4,6-16,18-19,21H2,1-2H3,(H,40,45)(H,46,47)/t23-,24-,26-,27+/m1/s1. The molecule has 1 aromatic carbocycles. The van der Waals surface area contributed by atoms with Crippen LogP contribution in [0.5, 0.6) is 0 Å². The van der Waals surface area contributed by atoms with Gasteiger partial charge < -0.3 is 24.6 Å². The fourth-order valence-electron chi connectivity index (χ4n) is 8.40. The Morgan fingerprint density at radius 2 is 1.77 bits per heavy atom. The van der Waals surface area contributed by atoms with Gasteiger partial charge in [0.2, 0.25) is 5.91 Å². The summed E-state index contributed by atoms with van der Waals surface area (Å²) in [5.41, 5.74) is 3.70. The first-order valence-corrected chi connectivity index (χ1v) is 18.3. The van der Waals surface area contributed by atoms with Crippen LogP contribution in [0.2, 0.25) is 10.0 Å². The van der Waals surface area contributed by atoms with Gasteiger partial charge in [0.25, 0.3) is 5.91 Å². The lowest BCUT2D eigenvalue weighted by atomic mass is 9.79. The fourth-order valence-corrected chi connectivity index (χ4v) is 8.86. The Balaban J connectivity index is 1.12. The molecule has 2 atom stereocenters. The van der Waals surface area contributed by atoms with Crippen molar-refractivity contribution in [3.8, 4) is 0 Å². The second-order valence-corrected chi connectivity index (χ2v) is 15.0. The van der Waals surface area contributed by atoms with Gasteiger partial charge in [0.1, 0.15) is 0 Å². The van der Waals surface area contributed by atoms with Crippen molar-refractivity contribution in [2.24, 2.45) is 18.9 Å². The summed E-state index contributed by atoms with van der Waals surface area (Å²) >= 11 is 13.5. The average Bonchev–Trinajstić information content (AvgIpc) is 3.67. The molecule has 4 aliphatic rings. The third-order valence-corrected chi connectivity index (χ3v) is 12.0. The molecule has 9 nitrogen and oxygen atoms in total. The van der Waals surface area contributed by atoms with E-state index in [-0.39, 0.29) is 30.2 Å². The molecule has 3 fully saturated rings. The minimum absolute atomic E-state index is 0.0290. The number of methoxy groups -OCH3 is 1. The summed E-state index contributed by atoms with van der Waals surface area (Å²) in [5.74, 6) is -0.620. The first kappa shape index (κ1) is 35.0. The zero-order valence-electron chi connectivity index (χ0n) is 28.1. The monoisotopic (exact) mass is 698 g/mol. The molecule has 2 aliphatic heterocycles. The maximum absolute atomic E-state index is 14.0. The first-order chi connectivity index (χ1) is 23.1. The number of carboxylic acids is 1. The van der Waals surface area contributed by atoms with Crippen LogP contribution in [0.1, 0.15) is 91.4 Å². The summed E-state index contributed by atoms with van der Waals surface area (Å²) in [6.45, 7) is 2.61. The van der Waals surface area contributed by atoms with Gasteiger partial charge in [-0.3, -0.25) is 19.3 Å². The molecule has 2 N–H and O–H groups in total. The summed E-state index contributed by atoms with van der Waals surface area (Å²) < 4.78 is 7.59. The van der Waals surface area contributed by atoms with Crippen LogP contribution >= 0.6 is 23.2 Å². The van der Waals surface area contributed by atoms with E-state index in [1.165, 1.54) is 0 Å². The van der Waals surface area contributed by atoms with Crippen molar-refractivity contribution >= 4 is 52.7 Å². The van der Waals surface area contributed by atoms with Crippen LogP contribution in [-0.2, 0) is 34.2 Å². The lowest BCUT2D eigenvalue weighted by Crippen LogP contribution is -2.45. The van der Waals surface area contributed by atoms with Crippen LogP contribution < -0.4 is 5.32 Å². The predicted octanol–water partition coefficient (Wildman–Crippen LogP) is 6.84. The number of aliphatic carboxylic acids is 1. The molecule has 0 spiro atoms. The molecule has 0 bridgehead atoms. The molecule has 2 amide bonds. The molecular formula is C37H48Cl2N4O5. The van der Waals surface area contributed by atoms with E-state index >= 15 is 0 Å². The van der Waals surface area contributed by atoms with Crippen molar-refractivity contribution < 1.29 is 24.2 Å². The Bertz CT molecular complexity index is 1540. The number of allylic oxidation sites excluding steroid dienone is 1. The summed E-state index contributed by atoms with van der Waals surface area (Å²) in [5, 5.41) is 13.1. The number of hydrogen-bond donors (Lipinski definition) is 2. The van der Waals surface area contributed by atoms with Gasteiger partial charge in [0.15, 0.2) is 0 Å². The summed E-state index contributed by atoms with van der Waals surface area (Å²) in [6, 6.07) is 3.78. The van der Waals surface area contributed by atoms with Crippen molar-refractivity contribution in [2.75, 3.05) is 32.1 Å². The highest BCUT2D eigenvalue weighted by Gasteiger charge is 2.39. The molecule has 1 saturated carbocycles. The Morgan fingerprint density at radius 3 is 2.48 bits per heavy atom. The molecule has 1 aromatic heterocycles. The quantitative estimate of drug-likeness (QED) is 0.282. The number of nitrogens with zero attached hydrogens (tertiary/aromatic N) is 3. The number of aromatic nitrogens is 1. The molecule has 11 heteroatoms. The molecule has 2 saturated heterocycles. The second-order valence-electron chi connectivity index (χ2n) is 14.2. The zero-order valence-corrected chi connectivity index (χ0v) is 29.6. The minimum Gasteiger partial charge on any atom is -0.481 e. The number of likely N-dealkylation sites (tertiary alicyclic amines) is 2. The maximum Gasteiger partial charge on any atom is 0.306 e. The smallest absolute Gasteiger partial charge is 0.306 e. The van der Waals surface area contributed by atoms with Gasteiger partial charge in [0, 0.05) is 68.4 Å². The van der Waals surface area contributed by atoms with Crippen molar-refractivity contribution in [3.05, 3.63) is 56.8 Å². The third kappa shape index (κ3) is 7.80. The van der Waals surface area contributed by atoms with Crippen molar-refractivity contribution in [1.29, 1.82) is 0 Å². The number of halogens is 2. The van der Waals surface area contributed by atoms with E-state index in [0.29, 0.717) is 51.5 Å². The van der Waals surface area contributed by atoms with E-state index in [9.17, 15) is 19.5 Å². The number of piperidine rings is 1. The highest BCUT2D eigenvalue weighted by molar-refractivity contribution is 6.36. The zero-order chi connectivity index (χ0) is 33.9. The highest BCUT2D eigenvalue weighted by atomic mass is 35.5. The van der Waals surface area contributed by atoms with Crippen LogP contribution in [0.25, 0.3) is 6.08 Å². The summed E-state index contributed by atoms with van der Waals surface area (Å²) in [7, 11) is 3.73. The van der Waals surface area contributed by atoms with Crippen LogP contribution in [0.3, 0.4) is 0 Å². The minimum atomic E-state index is -0.678. The van der Waals surface area contributed by atoms with Crippen molar-refractivity contribution in [2.45, 2.75) is 95.2 Å². The summed E-state index contributed by atoms with van der Waals surface area (Å²) in [4.78, 5) is 43.3. The Labute approximate surface area is 293 Å². The molecule has 2 aromatic rings. The normalized spacial score (nSPS) is 24.9. The van der Waals surface area contributed by atoms with Crippen LogP contribution in [0.4, 0.5) is 5.69 Å². The number of carboxylic acid groups (broad SMARTS) is 1. The Hall–Kier alpha value is -2.85. The number of ether oxygens (including phenoxy) is 1. The van der Waals surface area contributed by atoms with E-state index in [2.05, 4.69) is 21.2 Å². The predicted molar refractivity (Wildman–Crippen MR) is 189 cm³/mol. The topological polar surface area (TPSA) is 104 Å². The second kappa shape index (κ2) is 15.4. The van der Waals surface area contributed by atoms with E-state index in [4.69, 9.17) is 27.9 Å². The Kier molecular flexibility index (Phi) is 11.2. The van der Waals surface area contributed by atoms with Crippen molar-refractivity contribution in [3.63, 3.8) is 0 Å². The number of hydrogen-bond acceptors (Lipinski definition) is 5. The Morgan fingerprint density at radius 1 is 1.02 bits per heavy atom. The fraction of sp³-hybridized carbons (Fsp3) is 0.595. The van der Waals surface area contributed by atoms with Gasteiger partial charge >= 0.3 is 5.97 Å².